The van der Waals surface area contributed by atoms with Crippen molar-refractivity contribution in [3.8, 4) is 0 Å². The zero-order valence-corrected chi connectivity index (χ0v) is 7.70. The van der Waals surface area contributed by atoms with E-state index in [1.54, 1.807) is 4.90 Å². The van der Waals surface area contributed by atoms with Crippen molar-refractivity contribution in [2.45, 2.75) is 18.9 Å². The molecule has 4 nitrogen and oxygen atoms in total. The predicted octanol–water partition coefficient (Wildman–Crippen LogP) is 0.369. The largest absolute Gasteiger partial charge is 0.337 e. The SMILES string of the molecule is C=CC(=O)N1CCCC(NN=C)C1. The Hall–Kier alpha value is -1.32. The van der Waals surface area contributed by atoms with Gasteiger partial charge in [0.05, 0.1) is 6.04 Å². The molecule has 72 valence electrons. The summed E-state index contributed by atoms with van der Waals surface area (Å²) in [6.45, 7) is 8.34. The Morgan fingerprint density at radius 1 is 1.69 bits per heavy atom. The molecule has 1 aliphatic heterocycles. The average Bonchev–Trinajstić information content (AvgIpc) is 2.18. The number of piperidine rings is 1. The van der Waals surface area contributed by atoms with Gasteiger partial charge in [-0.1, -0.05) is 6.58 Å². The molecule has 1 rings (SSSR count). The molecular formula is C9H15N3O. The van der Waals surface area contributed by atoms with Crippen LogP contribution in [0, 0.1) is 0 Å². The number of likely N-dealkylation sites (tertiary alicyclic amines) is 1. The second-order valence-electron chi connectivity index (χ2n) is 3.11. The van der Waals surface area contributed by atoms with Crippen LogP contribution >= 0.6 is 0 Å². The lowest BCUT2D eigenvalue weighted by Gasteiger charge is -2.31. The molecule has 1 amide bonds. The highest BCUT2D eigenvalue weighted by Crippen LogP contribution is 2.10. The average molecular weight is 181 g/mol. The molecule has 4 heteroatoms. The molecule has 1 heterocycles. The quantitative estimate of drug-likeness (QED) is 0.388. The van der Waals surface area contributed by atoms with Gasteiger partial charge < -0.3 is 10.3 Å². The van der Waals surface area contributed by atoms with Crippen LogP contribution in [0.25, 0.3) is 0 Å². The van der Waals surface area contributed by atoms with Crippen molar-refractivity contribution >= 4 is 12.6 Å². The number of nitrogens with one attached hydrogen (secondary N) is 1. The maximum atomic E-state index is 11.3. The Kier molecular flexibility index (Phi) is 3.49. The van der Waals surface area contributed by atoms with Crippen molar-refractivity contribution in [2.24, 2.45) is 5.10 Å². The van der Waals surface area contributed by atoms with Crippen LogP contribution in [0.5, 0.6) is 0 Å². The number of hydrogen-bond donors (Lipinski definition) is 1. The number of nitrogens with zero attached hydrogens (tertiary/aromatic N) is 2. The molecule has 1 fully saturated rings. The molecule has 13 heavy (non-hydrogen) atoms. The highest BCUT2D eigenvalue weighted by molar-refractivity contribution is 5.87. The van der Waals surface area contributed by atoms with Crippen molar-refractivity contribution in [3.05, 3.63) is 12.7 Å². The molecule has 0 aromatic carbocycles. The van der Waals surface area contributed by atoms with Crippen molar-refractivity contribution in [3.63, 3.8) is 0 Å². The molecule has 1 atom stereocenters. The van der Waals surface area contributed by atoms with Gasteiger partial charge in [-0.15, -0.1) is 0 Å². The lowest BCUT2D eigenvalue weighted by atomic mass is 10.1. The summed E-state index contributed by atoms with van der Waals surface area (Å²) in [4.78, 5) is 13.0. The van der Waals surface area contributed by atoms with Crippen molar-refractivity contribution in [1.29, 1.82) is 0 Å². The maximum Gasteiger partial charge on any atom is 0.246 e. The van der Waals surface area contributed by atoms with Crippen LogP contribution in [0.3, 0.4) is 0 Å². The summed E-state index contributed by atoms with van der Waals surface area (Å²) >= 11 is 0. The molecule has 1 unspecified atom stereocenters. The highest BCUT2D eigenvalue weighted by Gasteiger charge is 2.21. The minimum atomic E-state index is -0.00411. The Labute approximate surface area is 78.3 Å². The van der Waals surface area contributed by atoms with Gasteiger partial charge in [0, 0.05) is 19.8 Å². The van der Waals surface area contributed by atoms with Crippen molar-refractivity contribution in [2.75, 3.05) is 13.1 Å². The van der Waals surface area contributed by atoms with Gasteiger partial charge in [-0.2, -0.15) is 5.10 Å². The number of rotatable bonds is 3. The molecule has 0 radical (unpaired) electrons. The van der Waals surface area contributed by atoms with E-state index in [9.17, 15) is 4.79 Å². The second-order valence-corrected chi connectivity index (χ2v) is 3.11. The minimum Gasteiger partial charge on any atom is -0.337 e. The van der Waals surface area contributed by atoms with Crippen LogP contribution < -0.4 is 5.43 Å². The normalized spacial score (nSPS) is 22.2. The first-order valence-corrected chi connectivity index (χ1v) is 4.40. The molecule has 1 aliphatic rings. The van der Waals surface area contributed by atoms with Crippen molar-refractivity contribution < 1.29 is 4.79 Å². The van der Waals surface area contributed by atoms with Crippen LogP contribution in [0.15, 0.2) is 17.8 Å². The standard InChI is InChI=1S/C9H15N3O/c1-3-9(13)12-6-4-5-8(7-12)11-10-2/h3,8,11H,1-2,4-7H2. The molecule has 0 aromatic heterocycles. The fourth-order valence-electron chi connectivity index (χ4n) is 1.54. The molecule has 1 N–H and O–H groups in total. The van der Waals surface area contributed by atoms with E-state index in [0.29, 0.717) is 6.54 Å². The Balaban J connectivity index is 2.45. The summed E-state index contributed by atoms with van der Waals surface area (Å²) in [5.74, 6) is -0.00411. The number of hydrogen-bond acceptors (Lipinski definition) is 3. The molecule has 0 spiro atoms. The first-order chi connectivity index (χ1) is 6.27. The van der Waals surface area contributed by atoms with E-state index in [4.69, 9.17) is 0 Å². The Morgan fingerprint density at radius 3 is 3.08 bits per heavy atom. The summed E-state index contributed by atoms with van der Waals surface area (Å²) < 4.78 is 0. The minimum absolute atomic E-state index is 0.00411. The summed E-state index contributed by atoms with van der Waals surface area (Å²) in [7, 11) is 0. The van der Waals surface area contributed by atoms with Gasteiger partial charge in [-0.05, 0) is 18.9 Å². The number of carbonyl (C=O) groups is 1. The van der Waals surface area contributed by atoms with Gasteiger partial charge in [0.15, 0.2) is 0 Å². The molecule has 0 aliphatic carbocycles. The van der Waals surface area contributed by atoms with E-state index < -0.39 is 0 Å². The van der Waals surface area contributed by atoms with Gasteiger partial charge in [-0.25, -0.2) is 0 Å². The zero-order valence-electron chi connectivity index (χ0n) is 7.70. The smallest absolute Gasteiger partial charge is 0.246 e. The summed E-state index contributed by atoms with van der Waals surface area (Å²) in [5.41, 5.74) is 2.88. The van der Waals surface area contributed by atoms with Gasteiger partial charge in [0.2, 0.25) is 5.91 Å². The fraction of sp³-hybridized carbons (Fsp3) is 0.556. The lowest BCUT2D eigenvalue weighted by Crippen LogP contribution is -2.46. The monoisotopic (exact) mass is 181 g/mol. The number of amides is 1. The molecule has 0 saturated carbocycles. The van der Waals surface area contributed by atoms with Gasteiger partial charge in [0.1, 0.15) is 0 Å². The van der Waals surface area contributed by atoms with Crippen LogP contribution in [0.1, 0.15) is 12.8 Å². The Morgan fingerprint density at radius 2 is 2.46 bits per heavy atom. The topological polar surface area (TPSA) is 44.7 Å². The molecule has 0 bridgehead atoms. The van der Waals surface area contributed by atoms with Crippen molar-refractivity contribution in [1.82, 2.24) is 10.3 Å². The second kappa shape index (κ2) is 4.64. The fourth-order valence-corrected chi connectivity index (χ4v) is 1.54. The van der Waals surface area contributed by atoms with E-state index in [1.807, 2.05) is 0 Å². The van der Waals surface area contributed by atoms with Crippen LogP contribution in [-0.4, -0.2) is 36.7 Å². The zero-order chi connectivity index (χ0) is 9.68. The van der Waals surface area contributed by atoms with Crippen LogP contribution in [-0.2, 0) is 4.79 Å². The van der Waals surface area contributed by atoms with E-state index in [0.717, 1.165) is 19.4 Å². The van der Waals surface area contributed by atoms with Gasteiger partial charge in [0.25, 0.3) is 0 Å². The first-order valence-electron chi connectivity index (χ1n) is 4.40. The van der Waals surface area contributed by atoms with E-state index in [1.165, 1.54) is 6.08 Å². The first kappa shape index (κ1) is 9.77. The summed E-state index contributed by atoms with van der Waals surface area (Å²) in [5, 5.41) is 3.62. The lowest BCUT2D eigenvalue weighted by molar-refractivity contribution is -0.127. The molecular weight excluding hydrogens is 166 g/mol. The van der Waals surface area contributed by atoms with Crippen LogP contribution in [0.2, 0.25) is 0 Å². The summed E-state index contributed by atoms with van der Waals surface area (Å²) in [6, 6.07) is 0.246. The third-order valence-corrected chi connectivity index (χ3v) is 2.18. The number of carbonyl (C=O) groups excluding carboxylic acids is 1. The van der Waals surface area contributed by atoms with Gasteiger partial charge >= 0.3 is 0 Å². The number of hydrazone groups is 1. The Bertz CT molecular complexity index is 215. The highest BCUT2D eigenvalue weighted by atomic mass is 16.2. The van der Waals surface area contributed by atoms with E-state index >= 15 is 0 Å². The van der Waals surface area contributed by atoms with Crippen LogP contribution in [0.4, 0.5) is 0 Å². The third-order valence-electron chi connectivity index (χ3n) is 2.18. The van der Waals surface area contributed by atoms with E-state index in [-0.39, 0.29) is 11.9 Å². The van der Waals surface area contributed by atoms with Gasteiger partial charge in [-0.3, -0.25) is 4.79 Å². The van der Waals surface area contributed by atoms with E-state index in [2.05, 4.69) is 23.8 Å². The predicted molar refractivity (Wildman–Crippen MR) is 52.5 cm³/mol. The molecule has 1 saturated heterocycles. The third kappa shape index (κ3) is 2.57. The molecule has 0 aromatic rings. The summed E-state index contributed by atoms with van der Waals surface area (Å²) in [6.07, 6.45) is 3.40. The maximum absolute atomic E-state index is 11.3.